The number of benzene rings is 2. The molecule has 5 rings (SSSR count). The van der Waals surface area contributed by atoms with Crippen molar-refractivity contribution in [2.24, 2.45) is 0 Å². The summed E-state index contributed by atoms with van der Waals surface area (Å²) in [5.74, 6) is 0. The smallest absolute Gasteiger partial charge is 0.423 e. The first-order valence-corrected chi connectivity index (χ1v) is 10.5. The number of fused-ring (bicyclic) bond motifs is 2. The number of nitrogens with zero attached hydrogens (tertiary/aromatic N) is 1. The van der Waals surface area contributed by atoms with Crippen LogP contribution in [-0.2, 0) is 17.6 Å². The van der Waals surface area contributed by atoms with Gasteiger partial charge in [0.1, 0.15) is 5.58 Å². The van der Waals surface area contributed by atoms with Crippen molar-refractivity contribution in [3.8, 4) is 0 Å². The molecular weight excluding hydrogens is 395 g/mol. The molecule has 7 nitrogen and oxygen atoms in total. The zero-order chi connectivity index (χ0) is 22.0. The van der Waals surface area contributed by atoms with Crippen LogP contribution in [0.2, 0.25) is 0 Å². The van der Waals surface area contributed by atoms with Crippen molar-refractivity contribution in [1.29, 1.82) is 0 Å². The van der Waals surface area contributed by atoms with Crippen molar-refractivity contribution in [2.45, 2.75) is 32.6 Å². The second-order valence-electron chi connectivity index (χ2n) is 7.95. The summed E-state index contributed by atoms with van der Waals surface area (Å²) in [5.41, 5.74) is 6.26. The van der Waals surface area contributed by atoms with Crippen LogP contribution in [0.4, 0.5) is 11.4 Å². The van der Waals surface area contributed by atoms with Crippen molar-refractivity contribution >= 4 is 41.3 Å². The largest absolute Gasteiger partial charge is 0.488 e. The Morgan fingerprint density at radius 1 is 1.13 bits per heavy atom. The molecule has 2 aliphatic heterocycles. The minimum Gasteiger partial charge on any atom is -0.423 e. The maximum Gasteiger partial charge on any atom is 0.488 e. The van der Waals surface area contributed by atoms with Crippen LogP contribution in [0.15, 0.2) is 45.6 Å². The van der Waals surface area contributed by atoms with Crippen molar-refractivity contribution in [3.05, 3.63) is 63.5 Å². The lowest BCUT2D eigenvalue weighted by molar-refractivity contribution is -0.105. The normalized spacial score (nSPS) is 14.4. The van der Waals surface area contributed by atoms with E-state index in [4.69, 9.17) is 14.5 Å². The van der Waals surface area contributed by atoms with Gasteiger partial charge in [-0.2, -0.15) is 0 Å². The predicted molar refractivity (Wildman–Crippen MR) is 122 cm³/mol. The Balaban J connectivity index is 0.000000168. The Morgan fingerprint density at radius 3 is 2.65 bits per heavy atom. The van der Waals surface area contributed by atoms with Crippen molar-refractivity contribution in [1.82, 2.24) is 0 Å². The molecule has 2 aromatic carbocycles. The first-order chi connectivity index (χ1) is 15.0. The quantitative estimate of drug-likeness (QED) is 0.339. The van der Waals surface area contributed by atoms with Gasteiger partial charge in [0.05, 0.1) is 0 Å². The summed E-state index contributed by atoms with van der Waals surface area (Å²) in [6.45, 7) is 4.10. The minimum atomic E-state index is -1.50. The minimum absolute atomic E-state index is 0.198. The van der Waals surface area contributed by atoms with E-state index in [9.17, 15) is 9.59 Å². The van der Waals surface area contributed by atoms with Gasteiger partial charge in [0.15, 0.2) is 0 Å². The number of nitrogens with one attached hydrogen (secondary N) is 1. The lowest BCUT2D eigenvalue weighted by Crippen LogP contribution is -2.34. The van der Waals surface area contributed by atoms with Gasteiger partial charge in [-0.25, -0.2) is 4.79 Å². The summed E-state index contributed by atoms with van der Waals surface area (Å²) in [4.78, 5) is 24.3. The van der Waals surface area contributed by atoms with Crippen LogP contribution < -0.4 is 21.3 Å². The standard InChI is InChI=1S/C16H17NO2.C7H8BNO3/c1-10-8-12-9-11-4-2-6-17-7-3-5-13(14(11)17)15(12)19-16(10)18;10-5-9-7-3-1-2-6(4-7)8(11)12/h8-9H,2-7H2,1H3;1-5,11-12H,(H,9,10). The van der Waals surface area contributed by atoms with E-state index < -0.39 is 7.12 Å². The maximum absolute atomic E-state index is 11.8. The molecule has 0 saturated carbocycles. The van der Waals surface area contributed by atoms with E-state index in [1.54, 1.807) is 18.2 Å². The van der Waals surface area contributed by atoms with Crippen molar-refractivity contribution in [2.75, 3.05) is 23.3 Å². The summed E-state index contributed by atoms with van der Waals surface area (Å²) in [7, 11) is -1.50. The van der Waals surface area contributed by atoms with Gasteiger partial charge in [-0.15, -0.1) is 0 Å². The zero-order valence-corrected chi connectivity index (χ0v) is 17.4. The molecule has 3 aromatic rings. The van der Waals surface area contributed by atoms with Crippen LogP contribution in [0, 0.1) is 6.92 Å². The molecule has 8 heteroatoms. The fraction of sp³-hybridized carbons (Fsp3) is 0.304. The number of carbonyl (C=O) groups is 1. The Bertz CT molecular complexity index is 1170. The third-order valence-electron chi connectivity index (χ3n) is 5.80. The fourth-order valence-electron chi connectivity index (χ4n) is 4.41. The lowest BCUT2D eigenvalue weighted by atomic mass is 9.80. The molecule has 0 bridgehead atoms. The molecule has 0 unspecified atom stereocenters. The molecule has 1 amide bonds. The Morgan fingerprint density at radius 2 is 1.90 bits per heavy atom. The van der Waals surface area contributed by atoms with E-state index in [2.05, 4.69) is 16.3 Å². The van der Waals surface area contributed by atoms with E-state index in [0.29, 0.717) is 23.1 Å². The van der Waals surface area contributed by atoms with Crippen LogP contribution in [0.25, 0.3) is 11.0 Å². The van der Waals surface area contributed by atoms with Gasteiger partial charge in [0, 0.05) is 41.0 Å². The molecular formula is C23H25BN2O5. The summed E-state index contributed by atoms with van der Waals surface area (Å²) < 4.78 is 5.58. The van der Waals surface area contributed by atoms with Gasteiger partial charge >= 0.3 is 12.7 Å². The number of carbonyl (C=O) groups excluding carboxylic acids is 1. The number of aryl methyl sites for hydroxylation is 3. The summed E-state index contributed by atoms with van der Waals surface area (Å²) >= 11 is 0. The van der Waals surface area contributed by atoms with Gasteiger partial charge in [-0.3, -0.25) is 4.79 Å². The molecule has 0 fully saturated rings. The average Bonchev–Trinajstić information content (AvgIpc) is 2.76. The summed E-state index contributed by atoms with van der Waals surface area (Å²) in [5, 5.41) is 21.0. The zero-order valence-electron chi connectivity index (χ0n) is 17.4. The molecule has 31 heavy (non-hydrogen) atoms. The molecule has 2 aliphatic rings. The van der Waals surface area contributed by atoms with Gasteiger partial charge in [0.25, 0.3) is 0 Å². The summed E-state index contributed by atoms with van der Waals surface area (Å²) in [6.07, 6.45) is 5.09. The van der Waals surface area contributed by atoms with Crippen molar-refractivity contribution in [3.63, 3.8) is 0 Å². The van der Waals surface area contributed by atoms with Gasteiger partial charge in [0.2, 0.25) is 6.41 Å². The molecule has 3 heterocycles. The first kappa shape index (κ1) is 21.1. The number of anilines is 2. The third kappa shape index (κ3) is 4.35. The fourth-order valence-corrected chi connectivity index (χ4v) is 4.41. The number of hydrogen-bond donors (Lipinski definition) is 3. The highest BCUT2D eigenvalue weighted by atomic mass is 16.4. The maximum atomic E-state index is 11.8. The molecule has 0 saturated heterocycles. The SMILES string of the molecule is Cc1cc2cc3c4c(c2oc1=O)CCCN4CCC3.O=CNc1cccc(B(O)O)c1. The van der Waals surface area contributed by atoms with E-state index in [-0.39, 0.29) is 5.63 Å². The highest BCUT2D eigenvalue weighted by Crippen LogP contribution is 2.39. The van der Waals surface area contributed by atoms with E-state index in [1.165, 1.54) is 29.3 Å². The topological polar surface area (TPSA) is 103 Å². The van der Waals surface area contributed by atoms with Crippen LogP contribution in [-0.4, -0.2) is 36.7 Å². The third-order valence-corrected chi connectivity index (χ3v) is 5.80. The first-order valence-electron chi connectivity index (χ1n) is 10.5. The van der Waals surface area contributed by atoms with E-state index >= 15 is 0 Å². The molecule has 0 radical (unpaired) electrons. The van der Waals surface area contributed by atoms with E-state index in [1.807, 2.05) is 13.0 Å². The van der Waals surface area contributed by atoms with E-state index in [0.717, 1.165) is 43.3 Å². The Labute approximate surface area is 180 Å². The number of amides is 1. The van der Waals surface area contributed by atoms with Crippen LogP contribution in [0.5, 0.6) is 0 Å². The van der Waals surface area contributed by atoms with Crippen LogP contribution >= 0.6 is 0 Å². The van der Waals surface area contributed by atoms with Crippen LogP contribution in [0.3, 0.4) is 0 Å². The highest BCUT2D eigenvalue weighted by molar-refractivity contribution is 6.58. The van der Waals surface area contributed by atoms with Gasteiger partial charge < -0.3 is 24.7 Å². The number of hydrogen-bond acceptors (Lipinski definition) is 6. The molecule has 160 valence electrons. The molecule has 0 atom stereocenters. The Kier molecular flexibility index (Phi) is 6.11. The second kappa shape index (κ2) is 8.95. The molecule has 0 aliphatic carbocycles. The molecule has 0 spiro atoms. The highest BCUT2D eigenvalue weighted by Gasteiger charge is 2.26. The Hall–Kier alpha value is -3.10. The molecule has 1 aromatic heterocycles. The second-order valence-corrected chi connectivity index (χ2v) is 7.95. The van der Waals surface area contributed by atoms with Gasteiger partial charge in [-0.1, -0.05) is 12.1 Å². The average molecular weight is 420 g/mol. The van der Waals surface area contributed by atoms with Gasteiger partial charge in [-0.05, 0) is 67.9 Å². The predicted octanol–water partition coefficient (Wildman–Crippen LogP) is 1.73. The van der Waals surface area contributed by atoms with Crippen molar-refractivity contribution < 1.29 is 19.3 Å². The monoisotopic (exact) mass is 420 g/mol. The lowest BCUT2D eigenvalue weighted by Gasteiger charge is -2.37. The summed E-state index contributed by atoms with van der Waals surface area (Å²) in [6, 6.07) is 10.5. The number of rotatable bonds is 3. The van der Waals surface area contributed by atoms with Crippen LogP contribution in [0.1, 0.15) is 29.5 Å². The molecule has 3 N–H and O–H groups in total.